The third-order valence-corrected chi connectivity index (χ3v) is 4.77. The quantitative estimate of drug-likeness (QED) is 0.925. The summed E-state index contributed by atoms with van der Waals surface area (Å²) in [4.78, 5) is 2.51. The van der Waals surface area contributed by atoms with E-state index in [-0.39, 0.29) is 6.04 Å². The van der Waals surface area contributed by atoms with Crippen molar-refractivity contribution in [3.05, 3.63) is 10.7 Å². The smallest absolute Gasteiger partial charge is 0.162 e. The van der Waals surface area contributed by atoms with Gasteiger partial charge in [0.25, 0.3) is 0 Å². The predicted molar refractivity (Wildman–Crippen MR) is 84.3 cm³/mol. The molecule has 0 saturated carbocycles. The Bertz CT molecular complexity index is 486. The molecule has 4 nitrogen and oxygen atoms in total. The fourth-order valence-electron chi connectivity index (χ4n) is 3.06. The molecule has 0 aliphatic carbocycles. The van der Waals surface area contributed by atoms with E-state index < -0.39 is 0 Å². The van der Waals surface area contributed by atoms with Gasteiger partial charge in [0.2, 0.25) is 0 Å². The van der Waals surface area contributed by atoms with E-state index >= 15 is 0 Å². The van der Waals surface area contributed by atoms with Gasteiger partial charge in [-0.25, -0.2) is 0 Å². The monoisotopic (exact) mass is 312 g/mol. The first kappa shape index (κ1) is 15.6. The summed E-state index contributed by atoms with van der Waals surface area (Å²) in [5.41, 5.74) is 0.462. The van der Waals surface area contributed by atoms with Crippen molar-refractivity contribution >= 4 is 28.1 Å². The Hall–Kier alpha value is -0.830. The first-order valence-corrected chi connectivity index (χ1v) is 8.18. The van der Waals surface area contributed by atoms with Crippen molar-refractivity contribution in [3.63, 3.8) is 0 Å². The Morgan fingerprint density at radius 1 is 1.50 bits per heavy atom. The van der Waals surface area contributed by atoms with Crippen LogP contribution in [0.3, 0.4) is 0 Å². The zero-order chi connectivity index (χ0) is 14.7. The molecule has 0 amide bonds. The van der Waals surface area contributed by atoms with Crippen LogP contribution in [0.2, 0.25) is 5.15 Å². The molecule has 1 saturated heterocycles. The maximum atomic E-state index is 9.07. The number of anilines is 1. The molecular weight excluding hydrogens is 292 g/mol. The summed E-state index contributed by atoms with van der Waals surface area (Å²) in [7, 11) is 0. The first-order chi connectivity index (χ1) is 9.49. The molecule has 20 heavy (non-hydrogen) atoms. The number of piperidine rings is 1. The average Bonchev–Trinajstić information content (AvgIpc) is 2.68. The van der Waals surface area contributed by atoms with Crippen LogP contribution in [0.5, 0.6) is 0 Å². The predicted octanol–water partition coefficient (Wildman–Crippen LogP) is 3.45. The number of hydrogen-bond acceptors (Lipinski definition) is 5. The lowest BCUT2D eigenvalue weighted by Crippen LogP contribution is -2.43. The summed E-state index contributed by atoms with van der Waals surface area (Å²) >= 11 is 7.14. The van der Waals surface area contributed by atoms with Gasteiger partial charge in [-0.15, -0.1) is 0 Å². The second kappa shape index (κ2) is 6.75. The van der Waals surface area contributed by atoms with Crippen LogP contribution in [0.15, 0.2) is 0 Å². The highest BCUT2D eigenvalue weighted by atomic mass is 35.5. The molecule has 3 unspecified atom stereocenters. The van der Waals surface area contributed by atoms with E-state index in [1.807, 2.05) is 0 Å². The molecule has 1 N–H and O–H groups in total. The van der Waals surface area contributed by atoms with Crippen LogP contribution in [-0.4, -0.2) is 34.9 Å². The largest absolute Gasteiger partial charge is 0.371 e. The Labute approximate surface area is 129 Å². The lowest BCUT2D eigenvalue weighted by Gasteiger charge is -2.36. The average molecular weight is 313 g/mol. The molecule has 6 heteroatoms. The van der Waals surface area contributed by atoms with Crippen molar-refractivity contribution in [1.82, 2.24) is 9.27 Å². The molecule has 0 bridgehead atoms. The number of likely N-dealkylation sites (tertiary alicyclic amines) is 1. The van der Waals surface area contributed by atoms with E-state index in [2.05, 4.69) is 41.4 Å². The van der Waals surface area contributed by atoms with Gasteiger partial charge in [-0.05, 0) is 36.7 Å². The highest BCUT2D eigenvalue weighted by Gasteiger charge is 2.23. The summed E-state index contributed by atoms with van der Waals surface area (Å²) in [6.07, 6.45) is 1.32. The fourth-order valence-corrected chi connectivity index (χ4v) is 4.11. The van der Waals surface area contributed by atoms with Crippen molar-refractivity contribution in [3.8, 4) is 6.07 Å². The van der Waals surface area contributed by atoms with E-state index in [4.69, 9.17) is 16.9 Å². The standard InChI is InChI=1S/C14H21ClN4S/c1-9-4-10(2)7-19(6-9)8-11(3)17-14-12(5-16)13(15)18-20-14/h9-11,17H,4,6-8H2,1-3H3. The molecule has 2 heterocycles. The Morgan fingerprint density at radius 2 is 2.15 bits per heavy atom. The van der Waals surface area contributed by atoms with Crippen molar-refractivity contribution < 1.29 is 0 Å². The Kier molecular flexibility index (Phi) is 5.25. The van der Waals surface area contributed by atoms with Crippen LogP contribution < -0.4 is 5.32 Å². The fraction of sp³-hybridized carbons (Fsp3) is 0.714. The summed E-state index contributed by atoms with van der Waals surface area (Å²) < 4.78 is 4.02. The van der Waals surface area contributed by atoms with Crippen LogP contribution >= 0.6 is 23.1 Å². The summed E-state index contributed by atoms with van der Waals surface area (Å²) in [6, 6.07) is 2.38. The van der Waals surface area contributed by atoms with Gasteiger partial charge in [0, 0.05) is 25.7 Å². The molecule has 0 spiro atoms. The second-order valence-electron chi connectivity index (χ2n) is 6.00. The van der Waals surface area contributed by atoms with Crippen molar-refractivity contribution in [1.29, 1.82) is 5.26 Å². The SMILES string of the molecule is CC1CC(C)CN(CC(C)Nc2snc(Cl)c2C#N)C1. The molecule has 0 aromatic carbocycles. The molecule has 2 rings (SSSR count). The lowest BCUT2D eigenvalue weighted by molar-refractivity contribution is 0.138. The number of nitrogens with zero attached hydrogens (tertiary/aromatic N) is 3. The molecule has 1 aromatic rings. The Balaban J connectivity index is 1.92. The normalized spacial score (nSPS) is 25.1. The third-order valence-electron chi connectivity index (χ3n) is 3.62. The summed E-state index contributed by atoms with van der Waals surface area (Å²) in [5, 5.41) is 13.5. The number of nitrogens with one attached hydrogen (secondary N) is 1. The number of rotatable bonds is 4. The van der Waals surface area contributed by atoms with Gasteiger partial charge in [-0.1, -0.05) is 25.4 Å². The van der Waals surface area contributed by atoms with E-state index in [9.17, 15) is 0 Å². The minimum absolute atomic E-state index is 0.274. The molecule has 110 valence electrons. The minimum Gasteiger partial charge on any atom is -0.371 e. The van der Waals surface area contributed by atoms with Crippen LogP contribution in [-0.2, 0) is 0 Å². The first-order valence-electron chi connectivity index (χ1n) is 7.03. The van der Waals surface area contributed by atoms with Gasteiger partial charge in [-0.3, -0.25) is 0 Å². The van der Waals surface area contributed by atoms with Gasteiger partial charge in [0.15, 0.2) is 5.15 Å². The van der Waals surface area contributed by atoms with Gasteiger partial charge in [-0.2, -0.15) is 9.64 Å². The van der Waals surface area contributed by atoms with E-state index in [1.165, 1.54) is 18.0 Å². The zero-order valence-electron chi connectivity index (χ0n) is 12.2. The number of aromatic nitrogens is 1. The maximum absolute atomic E-state index is 9.07. The van der Waals surface area contributed by atoms with Crippen molar-refractivity contribution in [2.24, 2.45) is 11.8 Å². The van der Waals surface area contributed by atoms with Gasteiger partial charge in [0.05, 0.1) is 0 Å². The molecule has 1 aliphatic heterocycles. The van der Waals surface area contributed by atoms with E-state index in [0.29, 0.717) is 10.7 Å². The topological polar surface area (TPSA) is 52.0 Å². The molecule has 0 radical (unpaired) electrons. The van der Waals surface area contributed by atoms with Crippen molar-refractivity contribution in [2.45, 2.75) is 33.2 Å². The molecule has 1 aliphatic rings. The molecular formula is C14H21ClN4S. The number of halogens is 1. The Morgan fingerprint density at radius 3 is 2.75 bits per heavy atom. The molecule has 1 aromatic heterocycles. The number of nitriles is 1. The van der Waals surface area contributed by atoms with Crippen LogP contribution in [0.1, 0.15) is 32.8 Å². The maximum Gasteiger partial charge on any atom is 0.162 e. The highest BCUT2D eigenvalue weighted by molar-refractivity contribution is 7.10. The van der Waals surface area contributed by atoms with Crippen LogP contribution in [0.4, 0.5) is 5.00 Å². The summed E-state index contributed by atoms with van der Waals surface area (Å²) in [6.45, 7) is 10.1. The zero-order valence-corrected chi connectivity index (χ0v) is 13.8. The van der Waals surface area contributed by atoms with E-state index in [0.717, 1.165) is 36.5 Å². The van der Waals surface area contributed by atoms with Gasteiger partial charge >= 0.3 is 0 Å². The van der Waals surface area contributed by atoms with Crippen LogP contribution in [0.25, 0.3) is 0 Å². The minimum atomic E-state index is 0.274. The number of hydrogen-bond donors (Lipinski definition) is 1. The molecule has 3 atom stereocenters. The lowest BCUT2D eigenvalue weighted by atomic mass is 9.92. The van der Waals surface area contributed by atoms with Gasteiger partial charge in [0.1, 0.15) is 16.6 Å². The second-order valence-corrected chi connectivity index (χ2v) is 7.13. The van der Waals surface area contributed by atoms with Gasteiger partial charge < -0.3 is 10.2 Å². The van der Waals surface area contributed by atoms with Crippen LogP contribution in [0, 0.1) is 23.2 Å². The summed E-state index contributed by atoms with van der Waals surface area (Å²) in [5.74, 6) is 1.52. The van der Waals surface area contributed by atoms with E-state index in [1.54, 1.807) is 0 Å². The highest BCUT2D eigenvalue weighted by Crippen LogP contribution is 2.28. The molecule has 1 fully saturated rings. The third kappa shape index (κ3) is 3.85. The van der Waals surface area contributed by atoms with Crippen molar-refractivity contribution in [2.75, 3.05) is 25.0 Å².